The van der Waals surface area contributed by atoms with Crippen LogP contribution in [-0.4, -0.2) is 41.1 Å². The number of aliphatic hydroxyl groups is 1. The summed E-state index contributed by atoms with van der Waals surface area (Å²) in [5.74, 6) is -0.384. The average Bonchev–Trinajstić information content (AvgIpc) is 2.56. The first kappa shape index (κ1) is 17.6. The molecule has 6 heteroatoms. The highest BCUT2D eigenvalue weighted by Crippen LogP contribution is 2.27. The van der Waals surface area contributed by atoms with Crippen molar-refractivity contribution in [2.75, 3.05) is 19.8 Å². The number of carbonyl (C=O) groups is 1. The Kier molecular flexibility index (Phi) is 6.03. The SMILES string of the molecule is Cc1ccc(O)c(OCCc2ccc(C(=O)O)c(OCCO)c2)c1. The number of aliphatic hydroxyl groups excluding tert-OH is 1. The van der Waals surface area contributed by atoms with Crippen LogP contribution < -0.4 is 9.47 Å². The molecule has 0 atom stereocenters. The fourth-order valence-electron chi connectivity index (χ4n) is 2.19. The van der Waals surface area contributed by atoms with Gasteiger partial charge in [-0.1, -0.05) is 12.1 Å². The molecule has 6 nitrogen and oxygen atoms in total. The standard InChI is InChI=1S/C18H20O6/c1-12-2-5-15(20)17(10-12)23-8-6-13-3-4-14(18(21)22)16(11-13)24-9-7-19/h2-5,10-11,19-20H,6-9H2,1H3,(H,21,22). The Hall–Kier alpha value is -2.73. The summed E-state index contributed by atoms with van der Waals surface area (Å²) in [5, 5.41) is 27.7. The minimum absolute atomic E-state index is 0.0252. The van der Waals surface area contributed by atoms with Gasteiger partial charge in [0.15, 0.2) is 11.5 Å². The predicted octanol–water partition coefficient (Wildman–Crippen LogP) is 2.39. The molecule has 0 aliphatic rings. The van der Waals surface area contributed by atoms with Gasteiger partial charge in [-0.05, 0) is 42.3 Å². The lowest BCUT2D eigenvalue weighted by Crippen LogP contribution is -2.08. The molecule has 0 bridgehead atoms. The smallest absolute Gasteiger partial charge is 0.339 e. The Bertz CT molecular complexity index is 711. The molecule has 0 saturated carbocycles. The van der Waals surface area contributed by atoms with Crippen molar-refractivity contribution in [2.45, 2.75) is 13.3 Å². The van der Waals surface area contributed by atoms with Crippen molar-refractivity contribution in [3.63, 3.8) is 0 Å². The molecule has 0 radical (unpaired) electrons. The molecule has 0 amide bonds. The van der Waals surface area contributed by atoms with Crippen molar-refractivity contribution in [3.8, 4) is 17.2 Å². The third-order valence-corrected chi connectivity index (χ3v) is 3.39. The Morgan fingerprint density at radius 1 is 1.04 bits per heavy atom. The molecule has 0 saturated heterocycles. The van der Waals surface area contributed by atoms with E-state index in [1.165, 1.54) is 6.07 Å². The van der Waals surface area contributed by atoms with E-state index in [4.69, 9.17) is 19.7 Å². The largest absolute Gasteiger partial charge is 0.504 e. The number of aromatic hydroxyl groups is 1. The van der Waals surface area contributed by atoms with E-state index in [0.717, 1.165) is 11.1 Å². The van der Waals surface area contributed by atoms with Crippen LogP contribution in [0.25, 0.3) is 0 Å². The van der Waals surface area contributed by atoms with Gasteiger partial charge in [0.25, 0.3) is 0 Å². The lowest BCUT2D eigenvalue weighted by molar-refractivity contribution is 0.0690. The second-order valence-electron chi connectivity index (χ2n) is 5.28. The maximum atomic E-state index is 11.2. The zero-order chi connectivity index (χ0) is 17.5. The number of phenolic OH excluding ortho intramolecular Hbond substituents is 1. The van der Waals surface area contributed by atoms with Crippen molar-refractivity contribution >= 4 is 5.97 Å². The molecule has 0 fully saturated rings. The van der Waals surface area contributed by atoms with Crippen molar-refractivity contribution in [1.29, 1.82) is 0 Å². The number of hydrogen-bond acceptors (Lipinski definition) is 5. The highest BCUT2D eigenvalue weighted by atomic mass is 16.5. The lowest BCUT2D eigenvalue weighted by Gasteiger charge is -2.12. The summed E-state index contributed by atoms with van der Waals surface area (Å²) in [5.41, 5.74) is 1.86. The van der Waals surface area contributed by atoms with Crippen molar-refractivity contribution in [1.82, 2.24) is 0 Å². The number of carboxylic acids is 1. The summed E-state index contributed by atoms with van der Waals surface area (Å²) in [4.78, 5) is 11.2. The number of hydrogen-bond donors (Lipinski definition) is 3. The van der Waals surface area contributed by atoms with Gasteiger partial charge < -0.3 is 24.8 Å². The molecule has 0 spiro atoms. The summed E-state index contributed by atoms with van der Waals surface area (Å²) in [6.07, 6.45) is 0.517. The molecule has 0 aliphatic carbocycles. The van der Waals surface area contributed by atoms with Crippen LogP contribution in [0.3, 0.4) is 0 Å². The normalized spacial score (nSPS) is 10.4. The van der Waals surface area contributed by atoms with Gasteiger partial charge in [-0.2, -0.15) is 0 Å². The lowest BCUT2D eigenvalue weighted by atomic mass is 10.1. The molecular weight excluding hydrogens is 312 g/mol. The fraction of sp³-hybridized carbons (Fsp3) is 0.278. The molecule has 2 aromatic carbocycles. The van der Waals surface area contributed by atoms with Crippen LogP contribution in [0.1, 0.15) is 21.5 Å². The van der Waals surface area contributed by atoms with E-state index < -0.39 is 5.97 Å². The number of phenols is 1. The van der Waals surface area contributed by atoms with E-state index >= 15 is 0 Å². The highest BCUT2D eigenvalue weighted by molar-refractivity contribution is 5.91. The average molecular weight is 332 g/mol. The van der Waals surface area contributed by atoms with E-state index in [1.54, 1.807) is 30.3 Å². The van der Waals surface area contributed by atoms with Crippen molar-refractivity contribution in [2.24, 2.45) is 0 Å². The van der Waals surface area contributed by atoms with Gasteiger partial charge in [0.05, 0.1) is 13.2 Å². The van der Waals surface area contributed by atoms with Gasteiger partial charge in [-0.15, -0.1) is 0 Å². The van der Waals surface area contributed by atoms with Crippen LogP contribution >= 0.6 is 0 Å². The summed E-state index contributed by atoms with van der Waals surface area (Å²) in [7, 11) is 0. The summed E-state index contributed by atoms with van der Waals surface area (Å²) >= 11 is 0. The molecule has 0 aromatic heterocycles. The molecule has 0 aliphatic heterocycles. The third kappa shape index (κ3) is 4.63. The van der Waals surface area contributed by atoms with Crippen molar-refractivity contribution in [3.05, 3.63) is 53.1 Å². The molecule has 0 heterocycles. The Labute approximate surface area is 139 Å². The van der Waals surface area contributed by atoms with Gasteiger partial charge in [0.1, 0.15) is 17.9 Å². The van der Waals surface area contributed by atoms with Gasteiger partial charge in [0.2, 0.25) is 0 Å². The van der Waals surface area contributed by atoms with E-state index in [2.05, 4.69) is 0 Å². The number of rotatable bonds is 8. The second-order valence-corrected chi connectivity index (χ2v) is 5.28. The van der Waals surface area contributed by atoms with Crippen molar-refractivity contribution < 1.29 is 29.6 Å². The maximum Gasteiger partial charge on any atom is 0.339 e. The summed E-state index contributed by atoms with van der Waals surface area (Å²) in [6.45, 7) is 2.06. The molecule has 128 valence electrons. The van der Waals surface area contributed by atoms with Crippen LogP contribution in [0.15, 0.2) is 36.4 Å². The van der Waals surface area contributed by atoms with Gasteiger partial charge in [-0.3, -0.25) is 0 Å². The first-order chi connectivity index (χ1) is 11.5. The number of aromatic carboxylic acids is 1. The molecule has 2 rings (SSSR count). The van der Waals surface area contributed by atoms with Crippen LogP contribution in [0, 0.1) is 6.92 Å². The summed E-state index contributed by atoms with van der Waals surface area (Å²) in [6, 6.07) is 9.89. The minimum atomic E-state index is -1.09. The van der Waals surface area contributed by atoms with E-state index in [-0.39, 0.29) is 30.3 Å². The third-order valence-electron chi connectivity index (χ3n) is 3.39. The number of benzene rings is 2. The molecular formula is C18H20O6. The highest BCUT2D eigenvalue weighted by Gasteiger charge is 2.12. The topological polar surface area (TPSA) is 96.2 Å². The first-order valence-corrected chi connectivity index (χ1v) is 7.53. The van der Waals surface area contributed by atoms with Crippen LogP contribution in [-0.2, 0) is 6.42 Å². The number of carboxylic acid groups (broad SMARTS) is 1. The predicted molar refractivity (Wildman–Crippen MR) is 88.0 cm³/mol. The molecule has 2 aromatic rings. The fourth-order valence-corrected chi connectivity index (χ4v) is 2.19. The zero-order valence-corrected chi connectivity index (χ0v) is 13.4. The Morgan fingerprint density at radius 2 is 1.79 bits per heavy atom. The Morgan fingerprint density at radius 3 is 2.50 bits per heavy atom. The Balaban J connectivity index is 2.04. The van der Waals surface area contributed by atoms with Gasteiger partial charge in [-0.25, -0.2) is 4.79 Å². The molecule has 0 unspecified atom stereocenters. The van der Waals surface area contributed by atoms with Gasteiger partial charge >= 0.3 is 5.97 Å². The van der Waals surface area contributed by atoms with Crippen LogP contribution in [0.5, 0.6) is 17.2 Å². The number of ether oxygens (including phenoxy) is 2. The van der Waals surface area contributed by atoms with E-state index in [9.17, 15) is 9.90 Å². The summed E-state index contributed by atoms with van der Waals surface area (Å²) < 4.78 is 10.8. The zero-order valence-electron chi connectivity index (χ0n) is 13.4. The van der Waals surface area contributed by atoms with E-state index in [1.807, 2.05) is 6.92 Å². The molecule has 24 heavy (non-hydrogen) atoms. The van der Waals surface area contributed by atoms with Crippen LogP contribution in [0.4, 0.5) is 0 Å². The number of aryl methyl sites for hydroxylation is 1. The van der Waals surface area contributed by atoms with Gasteiger partial charge in [0, 0.05) is 6.42 Å². The maximum absolute atomic E-state index is 11.2. The second kappa shape index (κ2) is 8.21. The first-order valence-electron chi connectivity index (χ1n) is 7.53. The van der Waals surface area contributed by atoms with E-state index in [0.29, 0.717) is 18.8 Å². The monoisotopic (exact) mass is 332 g/mol. The minimum Gasteiger partial charge on any atom is -0.504 e. The quantitative estimate of drug-likeness (QED) is 0.687. The van der Waals surface area contributed by atoms with Crippen LogP contribution in [0.2, 0.25) is 0 Å². The molecule has 3 N–H and O–H groups in total.